The number of nitrogens with one attached hydrogen (secondary N) is 2. The van der Waals surface area contributed by atoms with Crippen LogP contribution in [0.4, 0.5) is 5.95 Å². The number of hydrogen-bond donors (Lipinski definition) is 2. The molecule has 11 heteroatoms. The standard InChI is InChI=1S/C26H26Cl3N5O3/c1-13(2)31-26-32-22-12-33(24(36)15-5-8-19(27)21(29)10-15)14(3)9-18(22)25(37)34(26)16-6-7-17(20(28)11-16)23(35)30-4/h5-8,10-11,13-14H,9,12H2,1-4H3,(H,30,35)(H,31,32)/t14-/m1/s1. The first-order chi connectivity index (χ1) is 17.5. The molecule has 37 heavy (non-hydrogen) atoms. The summed E-state index contributed by atoms with van der Waals surface area (Å²) in [7, 11) is 1.52. The highest BCUT2D eigenvalue weighted by Crippen LogP contribution is 2.28. The Morgan fingerprint density at radius 3 is 2.41 bits per heavy atom. The molecule has 194 valence electrons. The molecule has 2 amide bonds. The number of benzene rings is 2. The summed E-state index contributed by atoms with van der Waals surface area (Å²) in [4.78, 5) is 45.6. The lowest BCUT2D eigenvalue weighted by Gasteiger charge is -2.35. The summed E-state index contributed by atoms with van der Waals surface area (Å²) >= 11 is 18.5. The molecular formula is C26H26Cl3N5O3. The molecule has 2 N–H and O–H groups in total. The monoisotopic (exact) mass is 561 g/mol. The summed E-state index contributed by atoms with van der Waals surface area (Å²) in [5.41, 5.74) is 1.96. The molecule has 0 radical (unpaired) electrons. The van der Waals surface area contributed by atoms with Crippen molar-refractivity contribution in [2.24, 2.45) is 0 Å². The number of aromatic nitrogens is 2. The maximum atomic E-state index is 13.8. The molecule has 4 rings (SSSR count). The molecule has 0 saturated heterocycles. The van der Waals surface area contributed by atoms with Gasteiger partial charge in [0.25, 0.3) is 17.4 Å². The number of anilines is 1. The number of hydrogen-bond acceptors (Lipinski definition) is 5. The van der Waals surface area contributed by atoms with E-state index in [1.165, 1.54) is 17.7 Å². The van der Waals surface area contributed by atoms with E-state index in [2.05, 4.69) is 10.6 Å². The predicted octanol–water partition coefficient (Wildman–Crippen LogP) is 4.96. The summed E-state index contributed by atoms with van der Waals surface area (Å²) in [5.74, 6) is -0.231. The van der Waals surface area contributed by atoms with Crippen molar-refractivity contribution in [1.29, 1.82) is 0 Å². The van der Waals surface area contributed by atoms with E-state index in [-0.39, 0.29) is 41.0 Å². The van der Waals surface area contributed by atoms with Gasteiger partial charge in [-0.1, -0.05) is 34.8 Å². The normalized spacial score (nSPS) is 14.9. The molecule has 1 atom stereocenters. The van der Waals surface area contributed by atoms with E-state index < -0.39 is 0 Å². The molecule has 1 aliphatic rings. The van der Waals surface area contributed by atoms with Gasteiger partial charge < -0.3 is 15.5 Å². The Hall–Kier alpha value is -3.07. The molecule has 3 aromatic rings. The van der Waals surface area contributed by atoms with Crippen molar-refractivity contribution in [3.8, 4) is 5.69 Å². The molecule has 0 saturated carbocycles. The molecule has 0 aliphatic carbocycles. The van der Waals surface area contributed by atoms with E-state index in [1.807, 2.05) is 20.8 Å². The Kier molecular flexibility index (Phi) is 7.83. The maximum absolute atomic E-state index is 13.8. The topological polar surface area (TPSA) is 96.3 Å². The van der Waals surface area contributed by atoms with E-state index >= 15 is 0 Å². The summed E-state index contributed by atoms with van der Waals surface area (Å²) in [5, 5.41) is 6.64. The first-order valence-electron chi connectivity index (χ1n) is 11.7. The molecule has 8 nitrogen and oxygen atoms in total. The molecule has 1 aliphatic heterocycles. The number of halogens is 3. The fourth-order valence-corrected chi connectivity index (χ4v) is 4.84. The third kappa shape index (κ3) is 5.32. The minimum Gasteiger partial charge on any atom is -0.355 e. The van der Waals surface area contributed by atoms with E-state index in [9.17, 15) is 14.4 Å². The van der Waals surface area contributed by atoms with E-state index in [1.54, 1.807) is 35.2 Å². The third-order valence-corrected chi connectivity index (χ3v) is 7.19. The first kappa shape index (κ1) is 27.0. The van der Waals surface area contributed by atoms with Crippen LogP contribution in [0.5, 0.6) is 0 Å². The summed E-state index contributed by atoms with van der Waals surface area (Å²) in [6.45, 7) is 5.91. The van der Waals surface area contributed by atoms with Crippen molar-refractivity contribution in [1.82, 2.24) is 19.8 Å². The van der Waals surface area contributed by atoms with Gasteiger partial charge in [0.05, 0.1) is 38.6 Å². The van der Waals surface area contributed by atoms with E-state index in [0.717, 1.165) is 0 Å². The van der Waals surface area contributed by atoms with E-state index in [4.69, 9.17) is 39.8 Å². The van der Waals surface area contributed by atoms with Crippen LogP contribution in [0.2, 0.25) is 15.1 Å². The molecule has 2 heterocycles. The van der Waals surface area contributed by atoms with Crippen molar-refractivity contribution in [3.05, 3.63) is 84.2 Å². The van der Waals surface area contributed by atoms with Crippen LogP contribution in [0.3, 0.4) is 0 Å². The molecule has 0 unspecified atom stereocenters. The van der Waals surface area contributed by atoms with E-state index in [0.29, 0.717) is 50.5 Å². The molecular weight excluding hydrogens is 537 g/mol. The van der Waals surface area contributed by atoms with Crippen LogP contribution in [-0.2, 0) is 13.0 Å². The quantitative estimate of drug-likeness (QED) is 0.458. The zero-order valence-corrected chi connectivity index (χ0v) is 23.0. The number of carbonyl (C=O) groups excluding carboxylic acids is 2. The van der Waals surface area contributed by atoms with Gasteiger partial charge in [0.15, 0.2) is 0 Å². The minimum atomic E-state index is -0.325. The van der Waals surface area contributed by atoms with Gasteiger partial charge in [-0.2, -0.15) is 0 Å². The van der Waals surface area contributed by atoms with Crippen LogP contribution < -0.4 is 16.2 Å². The number of carbonyl (C=O) groups is 2. The molecule has 0 bridgehead atoms. The summed E-state index contributed by atoms with van der Waals surface area (Å²) < 4.78 is 1.46. The minimum absolute atomic E-state index is 0.0340. The Morgan fingerprint density at radius 2 is 1.78 bits per heavy atom. The Balaban J connectivity index is 1.78. The number of amides is 2. The van der Waals surface area contributed by atoms with Gasteiger partial charge in [-0.15, -0.1) is 0 Å². The largest absolute Gasteiger partial charge is 0.355 e. The zero-order chi connectivity index (χ0) is 27.0. The summed E-state index contributed by atoms with van der Waals surface area (Å²) in [6, 6.07) is 9.25. The van der Waals surface area contributed by atoms with Gasteiger partial charge in [0, 0.05) is 30.3 Å². The van der Waals surface area contributed by atoms with Crippen LogP contribution in [0.25, 0.3) is 5.69 Å². The van der Waals surface area contributed by atoms with Crippen LogP contribution in [0.15, 0.2) is 41.2 Å². The molecule has 2 aromatic carbocycles. The van der Waals surface area contributed by atoms with Gasteiger partial charge in [0.1, 0.15) is 0 Å². The lowest BCUT2D eigenvalue weighted by Crippen LogP contribution is -2.46. The van der Waals surface area contributed by atoms with Crippen molar-refractivity contribution in [3.63, 3.8) is 0 Å². The van der Waals surface area contributed by atoms with Crippen LogP contribution in [0, 0.1) is 0 Å². The van der Waals surface area contributed by atoms with Gasteiger partial charge in [-0.05, 0) is 63.6 Å². The van der Waals surface area contributed by atoms with Crippen molar-refractivity contribution in [2.75, 3.05) is 12.4 Å². The lowest BCUT2D eigenvalue weighted by molar-refractivity contribution is 0.0653. The number of fused-ring (bicyclic) bond motifs is 1. The average Bonchev–Trinajstić information content (AvgIpc) is 2.85. The first-order valence-corrected chi connectivity index (χ1v) is 12.8. The highest BCUT2D eigenvalue weighted by molar-refractivity contribution is 6.42. The van der Waals surface area contributed by atoms with Gasteiger partial charge >= 0.3 is 0 Å². The maximum Gasteiger partial charge on any atom is 0.263 e. The third-order valence-electron chi connectivity index (χ3n) is 6.14. The van der Waals surface area contributed by atoms with Crippen molar-refractivity contribution in [2.45, 2.75) is 45.8 Å². The van der Waals surface area contributed by atoms with Crippen LogP contribution in [0.1, 0.15) is 52.7 Å². The average molecular weight is 563 g/mol. The predicted molar refractivity (Wildman–Crippen MR) is 146 cm³/mol. The molecule has 0 spiro atoms. The number of nitrogens with zero attached hydrogens (tertiary/aromatic N) is 3. The highest BCUT2D eigenvalue weighted by atomic mass is 35.5. The number of rotatable bonds is 5. The Bertz CT molecular complexity index is 1450. The lowest BCUT2D eigenvalue weighted by atomic mass is 9.98. The zero-order valence-electron chi connectivity index (χ0n) is 20.7. The molecule has 0 fully saturated rings. The smallest absolute Gasteiger partial charge is 0.263 e. The second-order valence-electron chi connectivity index (χ2n) is 9.16. The second-order valence-corrected chi connectivity index (χ2v) is 10.4. The van der Waals surface area contributed by atoms with Crippen molar-refractivity contribution < 1.29 is 9.59 Å². The molecule has 1 aromatic heterocycles. The van der Waals surface area contributed by atoms with Crippen LogP contribution >= 0.6 is 34.8 Å². The highest BCUT2D eigenvalue weighted by Gasteiger charge is 2.32. The fourth-order valence-electron chi connectivity index (χ4n) is 4.28. The SMILES string of the molecule is CNC(=O)c1ccc(-n2c(NC(C)C)nc3c(c2=O)C[C@@H](C)N(C(=O)c2ccc(Cl)c(Cl)c2)C3)cc1Cl. The second kappa shape index (κ2) is 10.7. The summed E-state index contributed by atoms with van der Waals surface area (Å²) in [6.07, 6.45) is 0.320. The van der Waals surface area contributed by atoms with Gasteiger partial charge in [0.2, 0.25) is 5.95 Å². The van der Waals surface area contributed by atoms with Crippen molar-refractivity contribution >= 4 is 52.6 Å². The van der Waals surface area contributed by atoms with Gasteiger partial charge in [-0.25, -0.2) is 9.55 Å². The Morgan fingerprint density at radius 1 is 1.05 bits per heavy atom. The fraction of sp³-hybridized carbons (Fsp3) is 0.308. The Labute approximate surface area is 229 Å². The van der Waals surface area contributed by atoms with Crippen LogP contribution in [-0.4, -0.2) is 45.4 Å². The van der Waals surface area contributed by atoms with Gasteiger partial charge in [-0.3, -0.25) is 14.4 Å².